The maximum Gasteiger partial charge on any atom is 0.228 e. The standard InChI is InChI=1S/C13H14INO3S/c1-8(16)19-10-6-13(17)15(7-10)12-5-9(18-2)3-4-11(12)14/h3-5,10H,6-7H2,1-2H3. The van der Waals surface area contributed by atoms with E-state index >= 15 is 0 Å². The zero-order valence-electron chi connectivity index (χ0n) is 10.7. The predicted molar refractivity (Wildman–Crippen MR) is 84.7 cm³/mol. The number of hydrogen-bond acceptors (Lipinski definition) is 4. The average molecular weight is 391 g/mol. The number of halogens is 1. The molecule has 4 nitrogen and oxygen atoms in total. The largest absolute Gasteiger partial charge is 0.497 e. The van der Waals surface area contributed by atoms with Gasteiger partial charge in [-0.1, -0.05) is 11.8 Å². The van der Waals surface area contributed by atoms with Gasteiger partial charge in [-0.15, -0.1) is 0 Å². The van der Waals surface area contributed by atoms with Crippen molar-refractivity contribution in [3.63, 3.8) is 0 Å². The molecule has 1 amide bonds. The number of benzene rings is 1. The molecule has 1 aliphatic rings. The van der Waals surface area contributed by atoms with E-state index in [2.05, 4.69) is 22.6 Å². The number of methoxy groups -OCH3 is 1. The first kappa shape index (κ1) is 14.6. The zero-order valence-corrected chi connectivity index (χ0v) is 13.7. The number of carbonyl (C=O) groups excluding carboxylic acids is 2. The maximum absolute atomic E-state index is 12.1. The molecule has 0 bridgehead atoms. The molecule has 1 fully saturated rings. The lowest BCUT2D eigenvalue weighted by molar-refractivity contribution is -0.117. The van der Waals surface area contributed by atoms with Gasteiger partial charge in [0.1, 0.15) is 5.75 Å². The van der Waals surface area contributed by atoms with Crippen molar-refractivity contribution < 1.29 is 14.3 Å². The third-order valence-corrected chi connectivity index (χ3v) is 4.76. The highest BCUT2D eigenvalue weighted by molar-refractivity contribution is 14.1. The first-order valence-corrected chi connectivity index (χ1v) is 7.78. The first-order chi connectivity index (χ1) is 9.01. The summed E-state index contributed by atoms with van der Waals surface area (Å²) in [4.78, 5) is 24.9. The SMILES string of the molecule is COc1ccc(I)c(N2CC(SC(C)=O)CC2=O)c1. The fraction of sp³-hybridized carbons (Fsp3) is 0.385. The summed E-state index contributed by atoms with van der Waals surface area (Å²) in [5, 5.41) is 0.104. The van der Waals surface area contributed by atoms with Crippen LogP contribution in [0, 0.1) is 3.57 Å². The van der Waals surface area contributed by atoms with E-state index in [0.717, 1.165) is 15.0 Å². The van der Waals surface area contributed by atoms with Gasteiger partial charge in [-0.05, 0) is 34.7 Å². The van der Waals surface area contributed by atoms with Crippen LogP contribution in [-0.4, -0.2) is 29.9 Å². The predicted octanol–water partition coefficient (Wildman–Crippen LogP) is 2.68. The maximum atomic E-state index is 12.1. The van der Waals surface area contributed by atoms with E-state index < -0.39 is 0 Å². The van der Waals surface area contributed by atoms with Crippen LogP contribution in [0.1, 0.15) is 13.3 Å². The molecule has 6 heteroatoms. The summed E-state index contributed by atoms with van der Waals surface area (Å²) in [6.45, 7) is 2.11. The number of ether oxygens (including phenoxy) is 1. The van der Waals surface area contributed by atoms with Crippen molar-refractivity contribution in [1.29, 1.82) is 0 Å². The summed E-state index contributed by atoms with van der Waals surface area (Å²) in [6.07, 6.45) is 0.414. The van der Waals surface area contributed by atoms with Gasteiger partial charge in [0.15, 0.2) is 5.12 Å². The van der Waals surface area contributed by atoms with Crippen LogP contribution in [-0.2, 0) is 9.59 Å². The van der Waals surface area contributed by atoms with Gasteiger partial charge in [0.25, 0.3) is 0 Å². The Hall–Kier alpha value is -0.760. The average Bonchev–Trinajstić information content (AvgIpc) is 2.70. The Labute approximate surface area is 130 Å². The van der Waals surface area contributed by atoms with Gasteiger partial charge in [0, 0.05) is 34.8 Å². The van der Waals surface area contributed by atoms with Crippen LogP contribution in [0.2, 0.25) is 0 Å². The molecule has 1 heterocycles. The molecule has 1 unspecified atom stereocenters. The Bertz CT molecular complexity index is 521. The molecular formula is C13H14INO3S. The minimum atomic E-state index is 0.0481. The van der Waals surface area contributed by atoms with Crippen LogP contribution in [0.4, 0.5) is 5.69 Å². The Balaban J connectivity index is 2.22. The van der Waals surface area contributed by atoms with E-state index in [1.54, 1.807) is 12.0 Å². The van der Waals surface area contributed by atoms with E-state index in [1.165, 1.54) is 18.7 Å². The van der Waals surface area contributed by atoms with Gasteiger partial charge in [-0.2, -0.15) is 0 Å². The van der Waals surface area contributed by atoms with E-state index in [1.807, 2.05) is 18.2 Å². The van der Waals surface area contributed by atoms with Crippen LogP contribution in [0.3, 0.4) is 0 Å². The molecule has 0 aromatic heterocycles. The normalized spacial score (nSPS) is 18.8. The summed E-state index contributed by atoms with van der Waals surface area (Å²) in [7, 11) is 1.60. The van der Waals surface area contributed by atoms with Crippen molar-refractivity contribution >= 4 is 51.1 Å². The lowest BCUT2D eigenvalue weighted by atomic mass is 10.3. The summed E-state index contributed by atoms with van der Waals surface area (Å²) in [5.74, 6) is 0.788. The molecule has 0 N–H and O–H groups in total. The highest BCUT2D eigenvalue weighted by Gasteiger charge is 2.32. The summed E-state index contributed by atoms with van der Waals surface area (Å²) < 4.78 is 6.20. The van der Waals surface area contributed by atoms with Crippen LogP contribution in [0.25, 0.3) is 0 Å². The molecule has 0 spiro atoms. The minimum absolute atomic E-state index is 0.0481. The van der Waals surface area contributed by atoms with Crippen LogP contribution < -0.4 is 9.64 Å². The Morgan fingerprint density at radius 3 is 2.89 bits per heavy atom. The van der Waals surface area contributed by atoms with E-state index in [0.29, 0.717) is 13.0 Å². The number of carbonyl (C=O) groups is 2. The van der Waals surface area contributed by atoms with E-state index in [4.69, 9.17) is 4.74 Å². The van der Waals surface area contributed by atoms with Gasteiger partial charge >= 0.3 is 0 Å². The fourth-order valence-electron chi connectivity index (χ4n) is 2.05. The third-order valence-electron chi connectivity index (χ3n) is 2.87. The minimum Gasteiger partial charge on any atom is -0.497 e. The molecule has 0 saturated carbocycles. The van der Waals surface area contributed by atoms with Crippen molar-refractivity contribution in [3.05, 3.63) is 21.8 Å². The molecule has 0 aliphatic carbocycles. The summed E-state index contributed by atoms with van der Waals surface area (Å²) in [5.41, 5.74) is 0.858. The second-order valence-electron chi connectivity index (χ2n) is 4.26. The van der Waals surface area contributed by atoms with Gasteiger partial charge in [0.2, 0.25) is 5.91 Å². The van der Waals surface area contributed by atoms with Crippen LogP contribution in [0.15, 0.2) is 18.2 Å². The van der Waals surface area contributed by atoms with Crippen LogP contribution in [0.5, 0.6) is 5.75 Å². The van der Waals surface area contributed by atoms with Crippen molar-refractivity contribution in [2.75, 3.05) is 18.6 Å². The van der Waals surface area contributed by atoms with Gasteiger partial charge < -0.3 is 9.64 Å². The number of hydrogen-bond donors (Lipinski definition) is 0. The van der Waals surface area contributed by atoms with Gasteiger partial charge in [0.05, 0.1) is 12.8 Å². The van der Waals surface area contributed by atoms with Crippen molar-refractivity contribution in [2.45, 2.75) is 18.6 Å². The number of rotatable bonds is 3. The molecule has 2 rings (SSSR count). The zero-order chi connectivity index (χ0) is 14.0. The topological polar surface area (TPSA) is 46.6 Å². The van der Waals surface area contributed by atoms with Crippen molar-refractivity contribution in [3.8, 4) is 5.75 Å². The second kappa shape index (κ2) is 6.13. The molecule has 1 saturated heterocycles. The molecule has 1 atom stereocenters. The first-order valence-electron chi connectivity index (χ1n) is 5.82. The quantitative estimate of drug-likeness (QED) is 0.744. The van der Waals surface area contributed by atoms with Crippen molar-refractivity contribution in [1.82, 2.24) is 0 Å². The number of anilines is 1. The highest BCUT2D eigenvalue weighted by Crippen LogP contribution is 2.33. The summed E-state index contributed by atoms with van der Waals surface area (Å²) in [6, 6.07) is 5.65. The van der Waals surface area contributed by atoms with Gasteiger partial charge in [-0.3, -0.25) is 9.59 Å². The molecule has 19 heavy (non-hydrogen) atoms. The molecule has 1 aliphatic heterocycles. The smallest absolute Gasteiger partial charge is 0.228 e. The number of thioether (sulfide) groups is 1. The summed E-state index contributed by atoms with van der Waals surface area (Å²) >= 11 is 3.45. The lowest BCUT2D eigenvalue weighted by Crippen LogP contribution is -2.25. The lowest BCUT2D eigenvalue weighted by Gasteiger charge is -2.19. The second-order valence-corrected chi connectivity index (χ2v) is 6.90. The highest BCUT2D eigenvalue weighted by atomic mass is 127. The van der Waals surface area contributed by atoms with Crippen LogP contribution >= 0.6 is 34.4 Å². The molecule has 1 aromatic rings. The fourth-order valence-corrected chi connectivity index (χ4v) is 3.59. The molecular weight excluding hydrogens is 377 g/mol. The molecule has 102 valence electrons. The molecule has 1 aromatic carbocycles. The molecule has 0 radical (unpaired) electrons. The number of amides is 1. The van der Waals surface area contributed by atoms with Gasteiger partial charge in [-0.25, -0.2) is 0 Å². The van der Waals surface area contributed by atoms with Crippen molar-refractivity contribution in [2.24, 2.45) is 0 Å². The Morgan fingerprint density at radius 1 is 1.53 bits per heavy atom. The third kappa shape index (κ3) is 3.42. The Morgan fingerprint density at radius 2 is 2.26 bits per heavy atom. The monoisotopic (exact) mass is 391 g/mol. The van der Waals surface area contributed by atoms with E-state index in [-0.39, 0.29) is 16.3 Å². The number of nitrogens with zero attached hydrogens (tertiary/aromatic N) is 1. The Kier molecular flexibility index (Phi) is 4.72. The van der Waals surface area contributed by atoms with E-state index in [9.17, 15) is 9.59 Å².